The van der Waals surface area contributed by atoms with Gasteiger partial charge in [0.1, 0.15) is 0 Å². The molecule has 5 nitrogen and oxygen atoms in total. The molecule has 1 rings (SSSR count). The highest BCUT2D eigenvalue weighted by Gasteiger charge is 2.33. The maximum Gasteiger partial charge on any atom is 0.242 e. The van der Waals surface area contributed by atoms with Crippen LogP contribution in [0.2, 0.25) is 0 Å². The zero-order valence-corrected chi connectivity index (χ0v) is 12.0. The molecule has 0 aromatic heterocycles. The number of carbonyl (C=O) groups excluding carboxylic acids is 1. The van der Waals surface area contributed by atoms with Crippen LogP contribution in [0.1, 0.15) is 34.1 Å². The van der Waals surface area contributed by atoms with Crippen molar-refractivity contribution < 1.29 is 9.90 Å². The van der Waals surface area contributed by atoms with Crippen LogP contribution in [0.5, 0.6) is 0 Å². The van der Waals surface area contributed by atoms with E-state index in [0.717, 1.165) is 13.0 Å². The van der Waals surface area contributed by atoms with Crippen LogP contribution < -0.4 is 5.73 Å². The smallest absolute Gasteiger partial charge is 0.242 e. The number of hydrogen-bond donors (Lipinski definition) is 2. The van der Waals surface area contributed by atoms with Crippen molar-refractivity contribution in [3.63, 3.8) is 0 Å². The van der Waals surface area contributed by atoms with Crippen LogP contribution in [0, 0.1) is 0 Å². The molecule has 1 heterocycles. The molecule has 0 bridgehead atoms. The molecule has 106 valence electrons. The lowest BCUT2D eigenvalue weighted by Gasteiger charge is -2.43. The van der Waals surface area contributed by atoms with Crippen molar-refractivity contribution in [2.24, 2.45) is 5.73 Å². The second-order valence-corrected chi connectivity index (χ2v) is 5.88. The maximum atomic E-state index is 12.1. The number of nitrogens with zero attached hydrogens (tertiary/aromatic N) is 2. The average molecular weight is 257 g/mol. The van der Waals surface area contributed by atoms with Crippen molar-refractivity contribution >= 4 is 5.91 Å². The Labute approximate surface area is 110 Å². The van der Waals surface area contributed by atoms with Gasteiger partial charge in [-0.05, 0) is 27.2 Å². The number of rotatable bonds is 4. The molecule has 0 spiro atoms. The summed E-state index contributed by atoms with van der Waals surface area (Å²) in [6, 6.07) is 0.319. The Balaban J connectivity index is 2.64. The maximum absolute atomic E-state index is 12.1. The van der Waals surface area contributed by atoms with E-state index in [1.165, 1.54) is 0 Å². The van der Waals surface area contributed by atoms with Crippen LogP contribution in [-0.4, -0.2) is 64.7 Å². The Morgan fingerprint density at radius 3 is 2.56 bits per heavy atom. The number of hydrogen-bond acceptors (Lipinski definition) is 4. The van der Waals surface area contributed by atoms with E-state index < -0.39 is 5.54 Å². The van der Waals surface area contributed by atoms with Gasteiger partial charge in [-0.15, -0.1) is 0 Å². The number of amides is 1. The Morgan fingerprint density at radius 2 is 2.11 bits per heavy atom. The van der Waals surface area contributed by atoms with Gasteiger partial charge in [0, 0.05) is 32.2 Å². The van der Waals surface area contributed by atoms with Gasteiger partial charge in [-0.25, -0.2) is 0 Å². The molecule has 1 saturated heterocycles. The van der Waals surface area contributed by atoms with Gasteiger partial charge in [0.15, 0.2) is 0 Å². The van der Waals surface area contributed by atoms with Crippen molar-refractivity contribution in [2.75, 3.05) is 26.2 Å². The summed E-state index contributed by atoms with van der Waals surface area (Å²) >= 11 is 0. The van der Waals surface area contributed by atoms with Gasteiger partial charge in [0.2, 0.25) is 5.91 Å². The molecule has 3 N–H and O–H groups in total. The summed E-state index contributed by atoms with van der Waals surface area (Å²) in [5, 5.41) is 9.48. The summed E-state index contributed by atoms with van der Waals surface area (Å²) in [5.41, 5.74) is 5.07. The molecule has 2 unspecified atom stereocenters. The minimum absolute atomic E-state index is 0.0117. The zero-order chi connectivity index (χ0) is 13.9. The number of nitrogens with two attached hydrogens (primary N) is 1. The predicted molar refractivity (Wildman–Crippen MR) is 72.2 cm³/mol. The standard InChI is InChI=1S/C13H27N3O2/c1-5-11-9-16(12(18)13(3,4)14)7-6-15(11)8-10(2)17/h10-11,17H,5-9,14H2,1-4H3. The fraction of sp³-hybridized carbons (Fsp3) is 0.923. The van der Waals surface area contributed by atoms with Crippen molar-refractivity contribution in [1.29, 1.82) is 0 Å². The molecule has 0 aromatic rings. The van der Waals surface area contributed by atoms with Gasteiger partial charge in [-0.2, -0.15) is 0 Å². The summed E-state index contributed by atoms with van der Waals surface area (Å²) in [5.74, 6) is 0.0117. The first-order valence-corrected chi connectivity index (χ1v) is 6.76. The fourth-order valence-electron chi connectivity index (χ4n) is 2.45. The summed E-state index contributed by atoms with van der Waals surface area (Å²) in [6.45, 7) is 10.3. The molecule has 1 aliphatic rings. The number of carbonyl (C=O) groups is 1. The van der Waals surface area contributed by atoms with Crippen LogP contribution in [0.4, 0.5) is 0 Å². The Bertz CT molecular complexity index is 286. The molecule has 18 heavy (non-hydrogen) atoms. The predicted octanol–water partition coefficient (Wildman–Crippen LogP) is 0.0273. The van der Waals surface area contributed by atoms with E-state index in [4.69, 9.17) is 5.73 Å². The van der Waals surface area contributed by atoms with E-state index in [1.807, 2.05) is 4.90 Å². The quantitative estimate of drug-likeness (QED) is 0.745. The van der Waals surface area contributed by atoms with Crippen LogP contribution in [0.3, 0.4) is 0 Å². The third-order valence-corrected chi connectivity index (χ3v) is 3.41. The molecule has 0 saturated carbocycles. The van der Waals surface area contributed by atoms with Crippen LogP contribution in [0.15, 0.2) is 0 Å². The van der Waals surface area contributed by atoms with E-state index in [-0.39, 0.29) is 12.0 Å². The number of aliphatic hydroxyl groups is 1. The van der Waals surface area contributed by atoms with Crippen molar-refractivity contribution in [3.8, 4) is 0 Å². The first-order valence-electron chi connectivity index (χ1n) is 6.76. The lowest BCUT2D eigenvalue weighted by molar-refractivity contribution is -0.139. The van der Waals surface area contributed by atoms with E-state index in [9.17, 15) is 9.90 Å². The van der Waals surface area contributed by atoms with E-state index in [1.54, 1.807) is 20.8 Å². The third kappa shape index (κ3) is 3.93. The molecule has 2 atom stereocenters. The topological polar surface area (TPSA) is 69.8 Å². The van der Waals surface area contributed by atoms with Crippen LogP contribution in [0.25, 0.3) is 0 Å². The molecule has 0 radical (unpaired) electrons. The molecule has 0 aromatic carbocycles. The zero-order valence-electron chi connectivity index (χ0n) is 12.0. The van der Waals surface area contributed by atoms with Gasteiger partial charge in [-0.3, -0.25) is 9.69 Å². The highest BCUT2D eigenvalue weighted by atomic mass is 16.3. The molecule has 0 aliphatic carbocycles. The minimum Gasteiger partial charge on any atom is -0.392 e. The summed E-state index contributed by atoms with van der Waals surface area (Å²) in [4.78, 5) is 16.3. The summed E-state index contributed by atoms with van der Waals surface area (Å²) in [7, 11) is 0. The third-order valence-electron chi connectivity index (χ3n) is 3.41. The van der Waals surface area contributed by atoms with Gasteiger partial charge in [0.05, 0.1) is 11.6 Å². The summed E-state index contributed by atoms with van der Waals surface area (Å²) in [6.07, 6.45) is 0.647. The molecule has 1 fully saturated rings. The highest BCUT2D eigenvalue weighted by Crippen LogP contribution is 2.16. The fourth-order valence-corrected chi connectivity index (χ4v) is 2.45. The van der Waals surface area contributed by atoms with Gasteiger partial charge in [0.25, 0.3) is 0 Å². The first-order chi connectivity index (χ1) is 8.25. The minimum atomic E-state index is -0.801. The Morgan fingerprint density at radius 1 is 1.50 bits per heavy atom. The van der Waals surface area contributed by atoms with Crippen molar-refractivity contribution in [2.45, 2.75) is 51.8 Å². The van der Waals surface area contributed by atoms with Crippen LogP contribution >= 0.6 is 0 Å². The Kier molecular flexibility index (Phi) is 5.13. The van der Waals surface area contributed by atoms with Gasteiger partial charge >= 0.3 is 0 Å². The SMILES string of the molecule is CCC1CN(C(=O)C(C)(C)N)CCN1CC(C)O. The molecule has 1 aliphatic heterocycles. The Hall–Kier alpha value is -0.650. The van der Waals surface area contributed by atoms with Crippen molar-refractivity contribution in [3.05, 3.63) is 0 Å². The van der Waals surface area contributed by atoms with E-state index >= 15 is 0 Å². The monoisotopic (exact) mass is 257 g/mol. The van der Waals surface area contributed by atoms with E-state index in [0.29, 0.717) is 25.7 Å². The normalized spacial score (nSPS) is 24.1. The van der Waals surface area contributed by atoms with Gasteiger partial charge in [-0.1, -0.05) is 6.92 Å². The average Bonchev–Trinajstić information content (AvgIpc) is 2.26. The van der Waals surface area contributed by atoms with E-state index in [2.05, 4.69) is 11.8 Å². The molecular weight excluding hydrogens is 230 g/mol. The second kappa shape index (κ2) is 5.99. The second-order valence-electron chi connectivity index (χ2n) is 5.88. The number of piperazine rings is 1. The number of β-amino-alcohol motifs (C(OH)–C–C–N with tert-alkyl or cyclic N) is 1. The highest BCUT2D eigenvalue weighted by molar-refractivity contribution is 5.85. The van der Waals surface area contributed by atoms with Gasteiger partial charge < -0.3 is 15.7 Å². The van der Waals surface area contributed by atoms with Crippen LogP contribution in [-0.2, 0) is 4.79 Å². The first kappa shape index (κ1) is 15.4. The number of aliphatic hydroxyl groups excluding tert-OH is 1. The molecule has 1 amide bonds. The largest absolute Gasteiger partial charge is 0.392 e. The summed E-state index contributed by atoms with van der Waals surface area (Å²) < 4.78 is 0. The lowest BCUT2D eigenvalue weighted by atomic mass is 10.0. The lowest BCUT2D eigenvalue weighted by Crippen LogP contribution is -2.60. The van der Waals surface area contributed by atoms with Crippen molar-refractivity contribution in [1.82, 2.24) is 9.80 Å². The molecule has 5 heteroatoms. The molecular formula is C13H27N3O2.